The van der Waals surface area contributed by atoms with Crippen molar-refractivity contribution >= 4 is 27.2 Å². The van der Waals surface area contributed by atoms with Crippen LogP contribution in [0.2, 0.25) is 0 Å². The first kappa shape index (κ1) is 17.9. The van der Waals surface area contributed by atoms with E-state index in [0.717, 1.165) is 12.1 Å². The predicted molar refractivity (Wildman–Crippen MR) is 81.4 cm³/mol. The Morgan fingerprint density at radius 1 is 1.33 bits per heavy atom. The largest absolute Gasteiger partial charge is 0.393 e. The molecule has 4 nitrogen and oxygen atoms in total. The summed E-state index contributed by atoms with van der Waals surface area (Å²) in [6.45, 7) is 4.06. The highest BCUT2D eigenvalue weighted by Gasteiger charge is 2.26. The molecule has 0 amide bonds. The summed E-state index contributed by atoms with van der Waals surface area (Å²) < 4.78 is 52.4. The van der Waals surface area contributed by atoms with E-state index in [1.165, 1.54) is 4.31 Å². The molecule has 0 radical (unpaired) electrons. The van der Waals surface area contributed by atoms with Crippen LogP contribution in [-0.2, 0) is 10.0 Å². The van der Waals surface area contributed by atoms with Gasteiger partial charge in [-0.25, -0.2) is 17.2 Å². The molecule has 118 valence electrons. The van der Waals surface area contributed by atoms with E-state index in [1.54, 1.807) is 0 Å². The van der Waals surface area contributed by atoms with E-state index in [1.807, 2.05) is 13.8 Å². The Bertz CT molecular complexity index is 619. The van der Waals surface area contributed by atoms with Gasteiger partial charge in [0.05, 0.1) is 9.88 Å². The van der Waals surface area contributed by atoms with Crippen molar-refractivity contribution in [3.63, 3.8) is 0 Å². The Labute approximate surface area is 129 Å². The molecule has 21 heavy (non-hydrogen) atoms. The summed E-state index contributed by atoms with van der Waals surface area (Å²) in [4.78, 5) is -0.0887. The van der Waals surface area contributed by atoms with Crippen molar-refractivity contribution in [3.8, 4) is 0 Å². The predicted octanol–water partition coefficient (Wildman–Crippen LogP) is 2.29. The Balaban J connectivity index is 3.12. The van der Waals surface area contributed by atoms with Crippen LogP contribution in [0.25, 0.3) is 0 Å². The fourth-order valence-electron chi connectivity index (χ4n) is 1.74. The van der Waals surface area contributed by atoms with Crippen LogP contribution >= 0.6 is 12.2 Å². The van der Waals surface area contributed by atoms with Crippen LogP contribution in [0.1, 0.15) is 20.3 Å². The highest BCUT2D eigenvalue weighted by atomic mass is 32.2. The number of thiocarbonyl (C=S) groups is 1. The topological polar surface area (TPSA) is 63.4 Å². The minimum Gasteiger partial charge on any atom is -0.393 e. The van der Waals surface area contributed by atoms with Gasteiger partial charge in [-0.15, -0.1) is 0 Å². The molecule has 0 spiro atoms. The van der Waals surface area contributed by atoms with Gasteiger partial charge in [0.25, 0.3) is 0 Å². The lowest BCUT2D eigenvalue weighted by Crippen LogP contribution is -2.36. The third-order valence-electron chi connectivity index (χ3n) is 2.71. The van der Waals surface area contributed by atoms with E-state index in [0.29, 0.717) is 6.07 Å². The zero-order chi connectivity index (χ0) is 16.2. The molecule has 1 aromatic rings. The molecule has 0 aliphatic carbocycles. The molecular formula is C13H18F2N2O2S2. The molecule has 0 fully saturated rings. The summed E-state index contributed by atoms with van der Waals surface area (Å²) in [6.07, 6.45) is 0.227. The quantitative estimate of drug-likeness (QED) is 0.776. The van der Waals surface area contributed by atoms with Crippen molar-refractivity contribution in [2.24, 2.45) is 11.7 Å². The second-order valence-electron chi connectivity index (χ2n) is 5.05. The normalized spacial score (nSPS) is 12.1. The molecule has 0 atom stereocenters. The van der Waals surface area contributed by atoms with Crippen molar-refractivity contribution < 1.29 is 17.2 Å². The highest BCUT2D eigenvalue weighted by Crippen LogP contribution is 2.20. The van der Waals surface area contributed by atoms with Crippen LogP contribution in [0.15, 0.2) is 23.1 Å². The molecule has 0 unspecified atom stereocenters. The van der Waals surface area contributed by atoms with Gasteiger partial charge in [-0.2, -0.15) is 4.31 Å². The average molecular weight is 336 g/mol. The number of benzene rings is 1. The lowest BCUT2D eigenvalue weighted by Gasteiger charge is -2.23. The van der Waals surface area contributed by atoms with Crippen molar-refractivity contribution in [1.82, 2.24) is 4.31 Å². The highest BCUT2D eigenvalue weighted by molar-refractivity contribution is 7.89. The van der Waals surface area contributed by atoms with Gasteiger partial charge < -0.3 is 5.73 Å². The van der Waals surface area contributed by atoms with Crippen LogP contribution in [0.4, 0.5) is 8.78 Å². The molecule has 0 aliphatic rings. The lowest BCUT2D eigenvalue weighted by atomic mass is 10.2. The van der Waals surface area contributed by atoms with Gasteiger partial charge in [0.2, 0.25) is 10.0 Å². The number of sulfonamides is 1. The maximum Gasteiger partial charge on any atom is 0.243 e. The third-order valence-corrected chi connectivity index (χ3v) is 4.77. The number of hydrogen-bond acceptors (Lipinski definition) is 3. The maximum absolute atomic E-state index is 13.3. The van der Waals surface area contributed by atoms with Gasteiger partial charge in [0, 0.05) is 19.5 Å². The number of nitrogens with two attached hydrogens (primary N) is 1. The first-order valence-corrected chi connectivity index (χ1v) is 8.23. The summed E-state index contributed by atoms with van der Waals surface area (Å²) in [7, 11) is -3.92. The second kappa shape index (κ2) is 7.24. The number of nitrogens with zero attached hydrogens (tertiary/aromatic N) is 1. The molecule has 0 bridgehead atoms. The van der Waals surface area contributed by atoms with Gasteiger partial charge in [-0.1, -0.05) is 26.1 Å². The molecule has 0 heterocycles. The first-order chi connectivity index (χ1) is 9.64. The smallest absolute Gasteiger partial charge is 0.243 e. The molecule has 2 N–H and O–H groups in total. The van der Waals surface area contributed by atoms with Crippen LogP contribution in [0.3, 0.4) is 0 Å². The molecule has 0 saturated heterocycles. The van der Waals surface area contributed by atoms with Gasteiger partial charge in [-0.3, -0.25) is 0 Å². The fourth-order valence-corrected chi connectivity index (χ4v) is 3.45. The molecule has 1 aromatic carbocycles. The third kappa shape index (κ3) is 4.98. The molecule has 0 saturated carbocycles. The van der Waals surface area contributed by atoms with Gasteiger partial charge >= 0.3 is 0 Å². The monoisotopic (exact) mass is 336 g/mol. The van der Waals surface area contributed by atoms with E-state index in [-0.39, 0.29) is 35.3 Å². The van der Waals surface area contributed by atoms with Gasteiger partial charge in [-0.05, 0) is 24.1 Å². The van der Waals surface area contributed by atoms with E-state index in [4.69, 9.17) is 18.0 Å². The van der Waals surface area contributed by atoms with E-state index < -0.39 is 21.7 Å². The minimum absolute atomic E-state index is 0.0661. The molecule has 8 heteroatoms. The molecule has 0 aliphatic heterocycles. The number of hydrogen-bond donors (Lipinski definition) is 1. The lowest BCUT2D eigenvalue weighted by molar-refractivity contribution is 0.374. The summed E-state index contributed by atoms with van der Waals surface area (Å²) in [5.74, 6) is -2.22. The fraction of sp³-hybridized carbons (Fsp3) is 0.462. The summed E-state index contributed by atoms with van der Waals surface area (Å²) >= 11 is 4.75. The van der Waals surface area contributed by atoms with Gasteiger partial charge in [0.15, 0.2) is 11.6 Å². The zero-order valence-electron chi connectivity index (χ0n) is 11.8. The minimum atomic E-state index is -3.92. The zero-order valence-corrected chi connectivity index (χ0v) is 13.5. The van der Waals surface area contributed by atoms with Crippen molar-refractivity contribution in [2.45, 2.75) is 25.2 Å². The number of halogens is 2. The summed E-state index contributed by atoms with van der Waals surface area (Å²) in [6, 6.07) is 2.52. The van der Waals surface area contributed by atoms with Crippen LogP contribution in [-0.4, -0.2) is 30.8 Å². The number of rotatable bonds is 7. The molecular weight excluding hydrogens is 318 g/mol. The molecule has 1 rings (SSSR count). The Morgan fingerprint density at radius 3 is 2.43 bits per heavy atom. The average Bonchev–Trinajstić information content (AvgIpc) is 2.36. The standard InChI is InChI=1S/C13H18F2N2O2S2/c1-9(2)8-17(6-5-13(16)20)21(18,19)10-3-4-11(14)12(15)7-10/h3-4,7,9H,5-6,8H2,1-2H3,(H2,16,20). The Kier molecular flexibility index (Phi) is 6.18. The summed E-state index contributed by atoms with van der Waals surface area (Å²) in [5.41, 5.74) is 5.40. The van der Waals surface area contributed by atoms with E-state index in [2.05, 4.69) is 0 Å². The van der Waals surface area contributed by atoms with Crippen LogP contribution < -0.4 is 5.73 Å². The SMILES string of the molecule is CC(C)CN(CCC(N)=S)S(=O)(=O)c1ccc(F)c(F)c1. The van der Waals surface area contributed by atoms with Crippen molar-refractivity contribution in [1.29, 1.82) is 0 Å². The Hall–Kier alpha value is -1.12. The van der Waals surface area contributed by atoms with E-state index >= 15 is 0 Å². The maximum atomic E-state index is 13.3. The van der Waals surface area contributed by atoms with Crippen LogP contribution in [0.5, 0.6) is 0 Å². The van der Waals surface area contributed by atoms with Crippen molar-refractivity contribution in [3.05, 3.63) is 29.8 Å². The first-order valence-electron chi connectivity index (χ1n) is 6.38. The van der Waals surface area contributed by atoms with Crippen molar-refractivity contribution in [2.75, 3.05) is 13.1 Å². The molecule has 0 aromatic heterocycles. The van der Waals surface area contributed by atoms with E-state index in [9.17, 15) is 17.2 Å². The van der Waals surface area contributed by atoms with Crippen LogP contribution in [0, 0.1) is 17.6 Å². The summed E-state index contributed by atoms with van der Waals surface area (Å²) in [5, 5.41) is 0. The van der Waals surface area contributed by atoms with Gasteiger partial charge in [0.1, 0.15) is 0 Å². The Morgan fingerprint density at radius 2 is 1.95 bits per heavy atom. The second-order valence-corrected chi connectivity index (χ2v) is 7.51.